The molecule has 0 atom stereocenters. The Labute approximate surface area is 152 Å². The molecule has 2 aromatic carbocycles. The van der Waals surface area contributed by atoms with E-state index in [9.17, 15) is 4.79 Å². The molecule has 0 aliphatic heterocycles. The van der Waals surface area contributed by atoms with E-state index in [0.29, 0.717) is 23.2 Å². The summed E-state index contributed by atoms with van der Waals surface area (Å²) in [7, 11) is 0. The van der Waals surface area contributed by atoms with Gasteiger partial charge in [0.25, 0.3) is 0 Å². The molecule has 1 aromatic heterocycles. The summed E-state index contributed by atoms with van der Waals surface area (Å²) in [6.07, 6.45) is 2.14. The molecule has 130 valence electrons. The molecular formula is C20H21ClN2O2. The Kier molecular flexibility index (Phi) is 5.29. The number of hydrogen-bond acceptors (Lipinski definition) is 2. The number of nitrogens with zero attached hydrogens (tertiary/aromatic N) is 1. The van der Waals surface area contributed by atoms with Crippen molar-refractivity contribution in [1.29, 1.82) is 0 Å². The van der Waals surface area contributed by atoms with Gasteiger partial charge in [-0.2, -0.15) is 4.73 Å². The smallest absolute Gasteiger partial charge is 0.228 e. The average molecular weight is 357 g/mol. The number of carbonyl (C=O) groups is 1. The number of amides is 1. The summed E-state index contributed by atoms with van der Waals surface area (Å²) < 4.78 is 1.76. The zero-order valence-corrected chi connectivity index (χ0v) is 15.1. The highest BCUT2D eigenvalue weighted by Gasteiger charge is 2.13. The van der Waals surface area contributed by atoms with Crippen LogP contribution in [-0.4, -0.2) is 17.2 Å². The Morgan fingerprint density at radius 3 is 2.64 bits per heavy atom. The fourth-order valence-corrected chi connectivity index (χ4v) is 2.81. The molecule has 0 radical (unpaired) electrons. The second-order valence-corrected chi connectivity index (χ2v) is 6.80. The molecule has 3 rings (SSSR count). The van der Waals surface area contributed by atoms with Gasteiger partial charge in [-0.15, -0.1) is 0 Å². The number of benzene rings is 2. The molecule has 4 nitrogen and oxygen atoms in total. The number of anilines is 1. The molecule has 0 aliphatic carbocycles. The summed E-state index contributed by atoms with van der Waals surface area (Å²) in [4.78, 5) is 18.3. The van der Waals surface area contributed by atoms with E-state index in [1.807, 2.05) is 42.6 Å². The van der Waals surface area contributed by atoms with Crippen LogP contribution in [0.5, 0.6) is 0 Å². The lowest BCUT2D eigenvalue weighted by atomic mass is 10.1. The van der Waals surface area contributed by atoms with Crippen LogP contribution in [0.3, 0.4) is 0 Å². The lowest BCUT2D eigenvalue weighted by Crippen LogP contribution is -2.16. The van der Waals surface area contributed by atoms with Crippen molar-refractivity contribution in [3.63, 3.8) is 0 Å². The van der Waals surface area contributed by atoms with Crippen LogP contribution < -0.4 is 10.2 Å². The van der Waals surface area contributed by atoms with Crippen LogP contribution in [-0.2, 0) is 11.2 Å². The number of nitrogens with one attached hydrogen (secondary N) is 1. The normalized spacial score (nSPS) is 11.0. The maximum Gasteiger partial charge on any atom is 0.228 e. The molecule has 0 saturated carbocycles. The second-order valence-electron chi connectivity index (χ2n) is 6.39. The highest BCUT2D eigenvalue weighted by molar-refractivity contribution is 6.33. The van der Waals surface area contributed by atoms with Gasteiger partial charge in [-0.05, 0) is 29.7 Å². The van der Waals surface area contributed by atoms with Crippen LogP contribution in [0.4, 0.5) is 5.69 Å². The lowest BCUT2D eigenvalue weighted by molar-refractivity contribution is -0.115. The molecule has 25 heavy (non-hydrogen) atoms. The van der Waals surface area contributed by atoms with Crippen molar-refractivity contribution in [2.45, 2.75) is 20.3 Å². The van der Waals surface area contributed by atoms with Crippen molar-refractivity contribution >= 4 is 34.1 Å². The van der Waals surface area contributed by atoms with Crippen molar-refractivity contribution < 1.29 is 9.63 Å². The Morgan fingerprint density at radius 1 is 1.16 bits per heavy atom. The van der Waals surface area contributed by atoms with Gasteiger partial charge in [-0.1, -0.05) is 55.8 Å². The van der Waals surface area contributed by atoms with Gasteiger partial charge in [0.05, 0.1) is 22.6 Å². The van der Waals surface area contributed by atoms with E-state index < -0.39 is 0 Å². The molecule has 0 aliphatic rings. The fourth-order valence-electron chi connectivity index (χ4n) is 2.62. The lowest BCUT2D eigenvalue weighted by Gasteiger charge is -2.10. The maximum absolute atomic E-state index is 12.4. The van der Waals surface area contributed by atoms with Crippen LogP contribution in [0.1, 0.15) is 19.4 Å². The van der Waals surface area contributed by atoms with E-state index >= 15 is 0 Å². The molecule has 1 amide bonds. The van der Waals surface area contributed by atoms with Gasteiger partial charge in [0.2, 0.25) is 5.91 Å². The van der Waals surface area contributed by atoms with Crippen molar-refractivity contribution in [2.24, 2.45) is 5.92 Å². The van der Waals surface area contributed by atoms with Gasteiger partial charge >= 0.3 is 0 Å². The minimum absolute atomic E-state index is 0.111. The van der Waals surface area contributed by atoms with Gasteiger partial charge in [0, 0.05) is 11.6 Å². The predicted molar refractivity (Wildman–Crippen MR) is 102 cm³/mol. The summed E-state index contributed by atoms with van der Waals surface area (Å²) in [5, 5.41) is 4.40. The first-order valence-corrected chi connectivity index (χ1v) is 8.69. The van der Waals surface area contributed by atoms with E-state index in [-0.39, 0.29) is 12.3 Å². The number of aromatic nitrogens is 1. The van der Waals surface area contributed by atoms with Crippen molar-refractivity contribution in [3.8, 4) is 0 Å². The molecule has 0 saturated heterocycles. The molecule has 1 N–H and O–H groups in total. The first-order valence-electron chi connectivity index (χ1n) is 8.31. The predicted octanol–water partition coefficient (Wildman–Crippen LogP) is 4.56. The van der Waals surface area contributed by atoms with Gasteiger partial charge in [0.1, 0.15) is 6.61 Å². The van der Waals surface area contributed by atoms with Crippen LogP contribution in [0.15, 0.2) is 54.7 Å². The van der Waals surface area contributed by atoms with E-state index in [0.717, 1.165) is 16.5 Å². The van der Waals surface area contributed by atoms with E-state index in [2.05, 4.69) is 19.2 Å². The molecule has 0 unspecified atom stereocenters. The molecule has 0 fully saturated rings. The summed E-state index contributed by atoms with van der Waals surface area (Å²) in [5.41, 5.74) is 2.50. The average Bonchev–Trinajstić information content (AvgIpc) is 2.93. The summed E-state index contributed by atoms with van der Waals surface area (Å²) in [6, 6.07) is 15.1. The van der Waals surface area contributed by atoms with Gasteiger partial charge in [-0.25, -0.2) is 0 Å². The Morgan fingerprint density at radius 2 is 1.88 bits per heavy atom. The van der Waals surface area contributed by atoms with Crippen molar-refractivity contribution in [2.75, 3.05) is 11.9 Å². The van der Waals surface area contributed by atoms with Crippen LogP contribution in [0.2, 0.25) is 5.02 Å². The minimum atomic E-state index is -0.111. The Balaban J connectivity index is 1.81. The van der Waals surface area contributed by atoms with Gasteiger partial charge in [0.15, 0.2) is 0 Å². The van der Waals surface area contributed by atoms with Crippen LogP contribution in [0, 0.1) is 5.92 Å². The Bertz CT molecular complexity index is 886. The van der Waals surface area contributed by atoms with Crippen LogP contribution in [0.25, 0.3) is 10.9 Å². The molecular weight excluding hydrogens is 336 g/mol. The monoisotopic (exact) mass is 356 g/mol. The maximum atomic E-state index is 12.4. The zero-order valence-electron chi connectivity index (χ0n) is 14.3. The molecule has 0 spiro atoms. The highest BCUT2D eigenvalue weighted by atomic mass is 35.5. The second kappa shape index (κ2) is 7.62. The topological polar surface area (TPSA) is 43.3 Å². The zero-order chi connectivity index (χ0) is 17.8. The van der Waals surface area contributed by atoms with Crippen molar-refractivity contribution in [1.82, 2.24) is 4.73 Å². The fraction of sp³-hybridized carbons (Fsp3) is 0.250. The number of hydrogen-bond donors (Lipinski definition) is 1. The Hall–Kier alpha value is -2.46. The van der Waals surface area contributed by atoms with Crippen LogP contribution >= 0.6 is 11.6 Å². The standard InChI is InChI=1S/C20H21ClN2O2/c1-14(2)13-25-23-12-15(16-7-3-6-10-19(16)23)11-20(24)22-18-9-5-4-8-17(18)21/h3-10,12,14H,11,13H2,1-2H3,(H,22,24). The van der Waals surface area contributed by atoms with E-state index in [1.54, 1.807) is 16.9 Å². The van der Waals surface area contributed by atoms with E-state index in [1.165, 1.54) is 0 Å². The summed E-state index contributed by atoms with van der Waals surface area (Å²) in [6.45, 7) is 4.82. The largest absolute Gasteiger partial charge is 0.414 e. The minimum Gasteiger partial charge on any atom is -0.414 e. The quantitative estimate of drug-likeness (QED) is 0.703. The number of para-hydroxylation sites is 2. The number of carbonyl (C=O) groups excluding carboxylic acids is 1. The SMILES string of the molecule is CC(C)COn1cc(CC(=O)Nc2ccccc2Cl)c2ccccc21. The van der Waals surface area contributed by atoms with Gasteiger partial charge in [-0.3, -0.25) is 4.79 Å². The molecule has 1 heterocycles. The molecule has 0 bridgehead atoms. The van der Waals surface area contributed by atoms with Crippen molar-refractivity contribution in [3.05, 3.63) is 65.3 Å². The third-order valence-electron chi connectivity index (χ3n) is 3.81. The number of rotatable bonds is 6. The highest BCUT2D eigenvalue weighted by Crippen LogP contribution is 2.23. The third kappa shape index (κ3) is 4.15. The number of halogens is 1. The molecule has 5 heteroatoms. The first kappa shape index (κ1) is 17.4. The molecule has 3 aromatic rings. The summed E-state index contributed by atoms with van der Waals surface area (Å²) >= 11 is 6.10. The third-order valence-corrected chi connectivity index (χ3v) is 4.14. The van der Waals surface area contributed by atoms with E-state index in [4.69, 9.17) is 16.4 Å². The van der Waals surface area contributed by atoms with Gasteiger partial charge < -0.3 is 10.2 Å². The summed E-state index contributed by atoms with van der Waals surface area (Å²) in [5.74, 6) is 0.313. The number of fused-ring (bicyclic) bond motifs is 1. The first-order chi connectivity index (χ1) is 12.0.